The molecular weight excluding hydrogens is 1370 g/mol. The maximum Gasteiger partial charge on any atom is 0.325 e. The molecule has 0 fully saturated rings. The number of hydrogen-bond donors (Lipinski definition) is 23. The van der Waals surface area contributed by atoms with Crippen LogP contribution in [0.15, 0.2) is 48.5 Å². The number of amides is 13. The van der Waals surface area contributed by atoms with Crippen molar-refractivity contribution in [2.75, 3.05) is 38.4 Å². The van der Waals surface area contributed by atoms with Gasteiger partial charge in [0.1, 0.15) is 90.0 Å². The molecule has 102 heavy (non-hydrogen) atoms. The predicted molar refractivity (Wildman–Crippen MR) is 357 cm³/mol. The minimum Gasteiger partial charge on any atom is -0.508 e. The molecule has 0 bridgehead atoms. The predicted octanol–water partition coefficient (Wildman–Crippen LogP) is -8.36. The van der Waals surface area contributed by atoms with Crippen LogP contribution < -0.4 is 74.9 Å². The third-order valence-corrected chi connectivity index (χ3v) is 15.6. The number of hydrogen-bond acceptors (Lipinski definition) is 24. The van der Waals surface area contributed by atoms with Crippen molar-refractivity contribution < 1.29 is 123 Å². The molecule has 39 nitrogen and oxygen atoms in total. The normalized spacial score (nSPS) is 15.2. The summed E-state index contributed by atoms with van der Waals surface area (Å²) in [5.74, 6) is -20.7. The van der Waals surface area contributed by atoms with Crippen LogP contribution in [-0.4, -0.2) is 264 Å². The molecule has 14 atom stereocenters. The summed E-state index contributed by atoms with van der Waals surface area (Å²) in [4.78, 5) is 210. The standard InChI is InChI=1S/C62H92N14O25S/c1-27(2)47(76-61(99)48(28(3)4)75-59(97)44(26-80)73-55(93)40(22-46(85)86)68-51(89)36(63)21-45(83)84)60(98)74-41(23-77)56(94)65-29(5)49(87)64-30(6)50(88)67-37(17-18-102-8)52(90)71-42(24-78)57(95)70-39(20-33-11-15-35(82)16-12-33)54(92)72-43(25-79)58(96)69-38(53(91)66-31(7)62(100)101)19-32-9-13-34(81)14-10-32/h9-16,27-31,36-44,47-48,77-82H,17-26,63H2,1-8H3,(H,64,87)(H,65,94)(H,66,91)(H,67,88)(H,68,89)(H,69,96)(H,70,95)(H,71,90)(H,72,92)(H,73,93)(H,74,98)(H,75,97)(H,76,99)(H,83,84)(H,85,86)(H,100,101)/t29-,30-,31-,36-,37-,38-,39-,40-,41-,42-,43-,44-,47-,48-/m0/s1. The molecule has 24 N–H and O–H groups in total. The molecule has 0 saturated heterocycles. The summed E-state index contributed by atoms with van der Waals surface area (Å²) in [5, 5.41) is 118. The number of benzene rings is 2. The number of aliphatic carboxylic acids is 3. The van der Waals surface area contributed by atoms with Crippen LogP contribution in [0.3, 0.4) is 0 Å². The number of aliphatic hydroxyl groups excluding tert-OH is 4. The van der Waals surface area contributed by atoms with Crippen LogP contribution in [0.5, 0.6) is 11.5 Å². The van der Waals surface area contributed by atoms with Gasteiger partial charge in [0.15, 0.2) is 0 Å². The van der Waals surface area contributed by atoms with Gasteiger partial charge in [0.25, 0.3) is 0 Å². The highest BCUT2D eigenvalue weighted by Crippen LogP contribution is 2.15. The molecule has 13 amide bonds. The Morgan fingerprint density at radius 3 is 1.02 bits per heavy atom. The fourth-order valence-corrected chi connectivity index (χ4v) is 9.50. The summed E-state index contributed by atoms with van der Waals surface area (Å²) in [6.45, 7) is 4.95. The highest BCUT2D eigenvalue weighted by atomic mass is 32.2. The van der Waals surface area contributed by atoms with Crippen LogP contribution in [0.4, 0.5) is 0 Å². The van der Waals surface area contributed by atoms with E-state index in [9.17, 15) is 118 Å². The molecule has 0 saturated carbocycles. The SMILES string of the molecule is CSCC[C@H](NC(=O)[C@H](C)NC(=O)[C@H](C)NC(=O)[C@H](CO)NC(=O)[C@@H](NC(=O)[C@@H](NC(=O)[C@H](CO)NC(=O)[C@H](CC(=O)O)NC(=O)[C@@H](N)CC(=O)O)C(C)C)C(C)C)C(=O)N[C@@H](CO)C(=O)N[C@@H](Cc1ccc(O)cc1)C(=O)N[C@@H](CO)C(=O)N[C@@H](Cc1ccc(O)cc1)C(=O)N[C@@H](C)C(=O)O. The molecule has 2 aromatic rings. The Hall–Kier alpha value is -10.3. The zero-order valence-corrected chi connectivity index (χ0v) is 57.8. The molecule has 40 heteroatoms. The lowest BCUT2D eigenvalue weighted by Gasteiger charge is -2.29. The van der Waals surface area contributed by atoms with Gasteiger partial charge in [0.2, 0.25) is 76.8 Å². The number of rotatable bonds is 44. The van der Waals surface area contributed by atoms with Crippen molar-refractivity contribution in [3.8, 4) is 11.5 Å². The highest BCUT2D eigenvalue weighted by molar-refractivity contribution is 7.98. The Morgan fingerprint density at radius 1 is 0.353 bits per heavy atom. The van der Waals surface area contributed by atoms with Gasteiger partial charge in [-0.3, -0.25) is 76.7 Å². The largest absolute Gasteiger partial charge is 0.508 e. The van der Waals surface area contributed by atoms with E-state index in [2.05, 4.69) is 58.5 Å². The third-order valence-electron chi connectivity index (χ3n) is 15.0. The van der Waals surface area contributed by atoms with Crippen LogP contribution in [0.2, 0.25) is 0 Å². The fraction of sp³-hybridized carbons (Fsp3) is 0.548. The Labute approximate surface area is 588 Å². The summed E-state index contributed by atoms with van der Waals surface area (Å²) in [5.41, 5.74) is 6.20. The second kappa shape index (κ2) is 43.4. The Balaban J connectivity index is 2.21. The van der Waals surface area contributed by atoms with E-state index in [0.29, 0.717) is 11.1 Å². The van der Waals surface area contributed by atoms with E-state index in [0.717, 1.165) is 13.8 Å². The molecule has 0 aliphatic carbocycles. The number of carbonyl (C=O) groups is 16. The van der Waals surface area contributed by atoms with Gasteiger partial charge >= 0.3 is 17.9 Å². The lowest BCUT2D eigenvalue weighted by Crippen LogP contribution is -2.62. The Morgan fingerprint density at radius 2 is 0.637 bits per heavy atom. The van der Waals surface area contributed by atoms with E-state index in [1.54, 1.807) is 6.26 Å². The molecule has 566 valence electrons. The minimum absolute atomic E-state index is 0.115. The molecule has 0 aliphatic rings. The second-order valence-electron chi connectivity index (χ2n) is 24.0. The lowest BCUT2D eigenvalue weighted by molar-refractivity contribution is -0.142. The van der Waals surface area contributed by atoms with Gasteiger partial charge in [-0.15, -0.1) is 0 Å². The van der Waals surface area contributed by atoms with Crippen molar-refractivity contribution in [2.45, 2.75) is 165 Å². The van der Waals surface area contributed by atoms with Crippen LogP contribution >= 0.6 is 11.8 Å². The average Bonchev–Trinajstić information content (AvgIpc) is 0.853. The summed E-state index contributed by atoms with van der Waals surface area (Å²) in [7, 11) is 0. The smallest absolute Gasteiger partial charge is 0.325 e. The molecule has 0 aliphatic heterocycles. The maximum atomic E-state index is 14.0. The first-order valence-electron chi connectivity index (χ1n) is 31.7. The molecular formula is C62H92N14O25S. The second-order valence-corrected chi connectivity index (χ2v) is 25.0. The van der Waals surface area contributed by atoms with Crippen molar-refractivity contribution in [1.29, 1.82) is 0 Å². The van der Waals surface area contributed by atoms with Crippen molar-refractivity contribution in [1.82, 2.24) is 69.1 Å². The van der Waals surface area contributed by atoms with Crippen LogP contribution in [0.25, 0.3) is 0 Å². The summed E-state index contributed by atoms with van der Waals surface area (Å²) in [6, 6.07) is -12.5. The van der Waals surface area contributed by atoms with Crippen molar-refractivity contribution >= 4 is 106 Å². The van der Waals surface area contributed by atoms with Gasteiger partial charge in [-0.1, -0.05) is 52.0 Å². The third kappa shape index (κ3) is 29.9. The molecule has 0 radical (unpaired) electrons. The quantitative estimate of drug-likeness (QED) is 0.0293. The van der Waals surface area contributed by atoms with Gasteiger partial charge in [0.05, 0.1) is 45.3 Å². The minimum atomic E-state index is -1.93. The van der Waals surface area contributed by atoms with Crippen LogP contribution in [0, 0.1) is 11.8 Å². The fourth-order valence-electron chi connectivity index (χ4n) is 9.02. The number of carbonyl (C=O) groups excluding carboxylic acids is 13. The number of nitrogens with two attached hydrogens (primary N) is 1. The number of thioether (sulfide) groups is 1. The first-order valence-corrected chi connectivity index (χ1v) is 33.1. The van der Waals surface area contributed by atoms with Crippen molar-refractivity contribution in [3.05, 3.63) is 59.7 Å². The number of carboxylic acid groups (broad SMARTS) is 3. The Bertz CT molecular complexity index is 3270. The topological polar surface area (TPSA) is 638 Å². The van der Waals surface area contributed by atoms with Gasteiger partial charge < -0.3 is 121 Å². The van der Waals surface area contributed by atoms with Gasteiger partial charge in [-0.2, -0.15) is 11.8 Å². The van der Waals surface area contributed by atoms with Crippen LogP contribution in [-0.2, 0) is 89.6 Å². The van der Waals surface area contributed by atoms with E-state index in [-0.39, 0.29) is 36.5 Å². The van der Waals surface area contributed by atoms with Crippen molar-refractivity contribution in [3.63, 3.8) is 0 Å². The molecule has 0 aromatic heterocycles. The summed E-state index contributed by atoms with van der Waals surface area (Å²) < 4.78 is 0. The number of aromatic hydroxyl groups is 2. The Kier molecular flexibility index (Phi) is 37.3. The van der Waals surface area contributed by atoms with E-state index in [1.165, 1.54) is 94.9 Å². The molecule has 2 aromatic carbocycles. The zero-order valence-electron chi connectivity index (χ0n) is 57.0. The first kappa shape index (κ1) is 87.8. The van der Waals surface area contributed by atoms with Gasteiger partial charge in [-0.25, -0.2) is 0 Å². The molecule has 2 rings (SSSR count). The monoisotopic (exact) mass is 1460 g/mol. The van der Waals surface area contributed by atoms with E-state index < -0.39 is 230 Å². The first-order chi connectivity index (χ1) is 47.8. The average molecular weight is 1470 g/mol. The van der Waals surface area contributed by atoms with Crippen LogP contribution in [0.1, 0.15) is 78.9 Å². The van der Waals surface area contributed by atoms with Crippen molar-refractivity contribution in [2.24, 2.45) is 17.6 Å². The summed E-state index contributed by atoms with van der Waals surface area (Å²) in [6.07, 6.45) is -1.08. The van der Waals surface area contributed by atoms with Gasteiger partial charge in [0, 0.05) is 12.8 Å². The van der Waals surface area contributed by atoms with E-state index in [4.69, 9.17) is 10.8 Å². The van der Waals surface area contributed by atoms with E-state index in [1.807, 2.05) is 10.6 Å². The number of phenolic OH excluding ortho intramolecular Hbond substituents is 2. The lowest BCUT2D eigenvalue weighted by atomic mass is 9.99. The highest BCUT2D eigenvalue weighted by Gasteiger charge is 2.38. The number of phenols is 2. The number of carboxylic acids is 3. The molecule has 0 unspecified atom stereocenters. The van der Waals surface area contributed by atoms with Gasteiger partial charge in [-0.05, 0) is 86.4 Å². The molecule has 0 heterocycles. The van der Waals surface area contributed by atoms with E-state index >= 15 is 0 Å². The summed E-state index contributed by atoms with van der Waals surface area (Å²) >= 11 is 1.24. The maximum absolute atomic E-state index is 14.0. The number of aliphatic hydroxyl groups is 4. The molecule has 0 spiro atoms. The number of nitrogens with one attached hydrogen (secondary N) is 13. The zero-order chi connectivity index (χ0) is 77.4.